The van der Waals surface area contributed by atoms with Crippen molar-refractivity contribution in [2.75, 3.05) is 10.6 Å². The number of aromatic nitrogens is 6. The van der Waals surface area contributed by atoms with Crippen LogP contribution in [0.1, 0.15) is 37.3 Å². The van der Waals surface area contributed by atoms with E-state index in [2.05, 4.69) is 41.0 Å². The number of rotatable bonds is 5. The molecule has 0 saturated heterocycles. The predicted molar refractivity (Wildman–Crippen MR) is 104 cm³/mol. The van der Waals surface area contributed by atoms with Gasteiger partial charge >= 0.3 is 0 Å². The van der Waals surface area contributed by atoms with Gasteiger partial charge in [0.1, 0.15) is 11.9 Å². The van der Waals surface area contributed by atoms with E-state index in [1.807, 2.05) is 12.1 Å². The summed E-state index contributed by atoms with van der Waals surface area (Å²) in [5.74, 6) is 1.68. The Labute approximate surface area is 166 Å². The lowest BCUT2D eigenvalue weighted by atomic mass is 9.91. The van der Waals surface area contributed by atoms with Gasteiger partial charge < -0.3 is 20.8 Å². The Balaban J connectivity index is 1.61. The minimum Gasteiger partial charge on any atom is -0.419 e. The van der Waals surface area contributed by atoms with Crippen molar-refractivity contribution in [3.8, 4) is 17.7 Å². The first-order valence-electron chi connectivity index (χ1n) is 9.30. The number of nitrogens with zero attached hydrogens (tertiary/aromatic N) is 7. The topological polar surface area (TPSA) is 164 Å². The molecule has 0 atom stereocenters. The summed E-state index contributed by atoms with van der Waals surface area (Å²) in [6.07, 6.45) is 6.72. The zero-order valence-electron chi connectivity index (χ0n) is 15.8. The molecule has 148 valence electrons. The van der Waals surface area contributed by atoms with Gasteiger partial charge in [-0.1, -0.05) is 0 Å². The third-order valence-electron chi connectivity index (χ3n) is 4.68. The molecule has 0 unspecified atom stereocenters. The van der Waals surface area contributed by atoms with Crippen molar-refractivity contribution >= 4 is 17.3 Å². The molecule has 4 rings (SSSR count). The van der Waals surface area contributed by atoms with E-state index in [-0.39, 0.29) is 17.8 Å². The van der Waals surface area contributed by atoms with Crippen LogP contribution in [0, 0.1) is 18.3 Å². The van der Waals surface area contributed by atoms with Crippen molar-refractivity contribution in [2.45, 2.75) is 44.7 Å². The molecule has 11 heteroatoms. The largest absolute Gasteiger partial charge is 0.419 e. The fourth-order valence-corrected chi connectivity index (χ4v) is 3.18. The number of aryl methyl sites for hydroxylation is 1. The average molecular weight is 392 g/mol. The Morgan fingerprint density at radius 3 is 2.55 bits per heavy atom. The minimum absolute atomic E-state index is 0.238. The normalized spacial score (nSPS) is 18.8. The third kappa shape index (κ3) is 4.44. The van der Waals surface area contributed by atoms with Crippen LogP contribution < -0.4 is 16.4 Å². The number of nitrogens with two attached hydrogens (primary N) is 1. The van der Waals surface area contributed by atoms with Crippen LogP contribution in [0.4, 0.5) is 17.3 Å². The van der Waals surface area contributed by atoms with E-state index in [4.69, 9.17) is 15.4 Å². The number of anilines is 3. The number of nitrogens with one attached hydrogen (secondary N) is 2. The SMILES string of the molecule is Cc1nnc(-c2nnc(Nc3cnc(C#N)cn3)cc2NC2CCC(N)CC2)o1. The standard InChI is InChI=1S/C18H20N10O/c1-10-25-28-18(29-10)17-14(23-12-4-2-11(20)3-5-12)6-15(26-27-17)24-16-9-21-13(7-19)8-22-16/h6,8-9,11-12H,2-5,20H2,1H3,(H2,22,23,24,26). The molecule has 1 aliphatic carbocycles. The highest BCUT2D eigenvalue weighted by molar-refractivity contribution is 5.71. The second kappa shape index (κ2) is 8.15. The fourth-order valence-electron chi connectivity index (χ4n) is 3.18. The fraction of sp³-hybridized carbons (Fsp3) is 0.389. The zero-order valence-corrected chi connectivity index (χ0v) is 15.8. The quantitative estimate of drug-likeness (QED) is 0.580. The van der Waals surface area contributed by atoms with E-state index >= 15 is 0 Å². The van der Waals surface area contributed by atoms with Gasteiger partial charge in [-0.15, -0.1) is 20.4 Å². The molecule has 0 aromatic carbocycles. The first-order chi connectivity index (χ1) is 14.1. The van der Waals surface area contributed by atoms with Crippen molar-refractivity contribution in [2.24, 2.45) is 5.73 Å². The minimum atomic E-state index is 0.238. The molecule has 1 aliphatic rings. The third-order valence-corrected chi connectivity index (χ3v) is 4.68. The molecule has 29 heavy (non-hydrogen) atoms. The molecular weight excluding hydrogens is 372 g/mol. The highest BCUT2D eigenvalue weighted by atomic mass is 16.4. The van der Waals surface area contributed by atoms with Gasteiger partial charge in [-0.25, -0.2) is 9.97 Å². The molecule has 3 aromatic heterocycles. The summed E-state index contributed by atoms with van der Waals surface area (Å²) < 4.78 is 5.54. The highest BCUT2D eigenvalue weighted by Gasteiger charge is 2.22. The van der Waals surface area contributed by atoms with Gasteiger partial charge in [-0.2, -0.15) is 5.26 Å². The zero-order chi connectivity index (χ0) is 20.2. The van der Waals surface area contributed by atoms with Crippen molar-refractivity contribution in [1.29, 1.82) is 5.26 Å². The van der Waals surface area contributed by atoms with Crippen LogP contribution in [0.2, 0.25) is 0 Å². The maximum Gasteiger partial charge on any atom is 0.270 e. The van der Waals surface area contributed by atoms with Crippen LogP contribution in [0.3, 0.4) is 0 Å². The van der Waals surface area contributed by atoms with Gasteiger partial charge in [0, 0.05) is 25.1 Å². The van der Waals surface area contributed by atoms with Crippen molar-refractivity contribution in [1.82, 2.24) is 30.4 Å². The molecule has 0 spiro atoms. The molecule has 11 nitrogen and oxygen atoms in total. The van der Waals surface area contributed by atoms with Crippen molar-refractivity contribution in [3.63, 3.8) is 0 Å². The van der Waals surface area contributed by atoms with E-state index in [9.17, 15) is 0 Å². The molecule has 4 N–H and O–H groups in total. The monoisotopic (exact) mass is 392 g/mol. The van der Waals surface area contributed by atoms with Crippen LogP contribution >= 0.6 is 0 Å². The van der Waals surface area contributed by atoms with Gasteiger partial charge in [-0.05, 0) is 25.7 Å². The molecular formula is C18H20N10O. The van der Waals surface area contributed by atoms with E-state index < -0.39 is 0 Å². The van der Waals surface area contributed by atoms with Gasteiger partial charge in [0.15, 0.2) is 17.2 Å². The summed E-state index contributed by atoms with van der Waals surface area (Å²) in [6.45, 7) is 1.72. The molecule has 3 aromatic rings. The van der Waals surface area contributed by atoms with E-state index in [0.717, 1.165) is 31.4 Å². The van der Waals surface area contributed by atoms with E-state index in [1.165, 1.54) is 12.4 Å². The molecule has 0 bridgehead atoms. The number of nitriles is 1. The Morgan fingerprint density at radius 1 is 1.07 bits per heavy atom. The maximum absolute atomic E-state index is 8.84. The number of hydrogen-bond donors (Lipinski definition) is 3. The van der Waals surface area contributed by atoms with Crippen molar-refractivity contribution in [3.05, 3.63) is 30.0 Å². The Kier molecular flexibility index (Phi) is 5.26. The van der Waals surface area contributed by atoms with Crippen LogP contribution in [0.5, 0.6) is 0 Å². The van der Waals surface area contributed by atoms with Gasteiger partial charge in [-0.3, -0.25) is 0 Å². The molecule has 1 saturated carbocycles. The molecule has 0 radical (unpaired) electrons. The second-order valence-corrected chi connectivity index (χ2v) is 6.90. The molecule has 3 heterocycles. The Hall–Kier alpha value is -3.65. The maximum atomic E-state index is 8.84. The first kappa shape index (κ1) is 18.7. The molecule has 0 aliphatic heterocycles. The first-order valence-corrected chi connectivity index (χ1v) is 9.30. The van der Waals surface area contributed by atoms with Gasteiger partial charge in [0.2, 0.25) is 5.89 Å². The lowest BCUT2D eigenvalue weighted by Gasteiger charge is -2.28. The van der Waals surface area contributed by atoms with Crippen LogP contribution in [0.25, 0.3) is 11.6 Å². The summed E-state index contributed by atoms with van der Waals surface area (Å²) in [5.41, 5.74) is 7.47. The average Bonchev–Trinajstić information content (AvgIpc) is 3.16. The second-order valence-electron chi connectivity index (χ2n) is 6.90. The summed E-state index contributed by atoms with van der Waals surface area (Å²) in [7, 11) is 0. The Bertz CT molecular complexity index is 1020. The van der Waals surface area contributed by atoms with Crippen LogP contribution in [-0.2, 0) is 0 Å². The lowest BCUT2D eigenvalue weighted by Crippen LogP contribution is -2.33. The lowest BCUT2D eigenvalue weighted by molar-refractivity contribution is 0.411. The molecule has 1 fully saturated rings. The van der Waals surface area contributed by atoms with Crippen LogP contribution in [-0.4, -0.2) is 42.4 Å². The van der Waals surface area contributed by atoms with E-state index in [0.29, 0.717) is 29.1 Å². The predicted octanol–water partition coefficient (Wildman–Crippen LogP) is 1.92. The van der Waals surface area contributed by atoms with Crippen LogP contribution in [0.15, 0.2) is 22.9 Å². The van der Waals surface area contributed by atoms with E-state index in [1.54, 1.807) is 6.92 Å². The van der Waals surface area contributed by atoms with Gasteiger partial charge in [0.05, 0.1) is 18.1 Å². The molecule has 0 amide bonds. The highest BCUT2D eigenvalue weighted by Crippen LogP contribution is 2.30. The smallest absolute Gasteiger partial charge is 0.270 e. The summed E-state index contributed by atoms with van der Waals surface area (Å²) in [4.78, 5) is 8.13. The number of hydrogen-bond acceptors (Lipinski definition) is 11. The van der Waals surface area contributed by atoms with Gasteiger partial charge in [0.25, 0.3) is 5.89 Å². The summed E-state index contributed by atoms with van der Waals surface area (Å²) in [5, 5.41) is 31.8. The Morgan fingerprint density at radius 2 is 1.90 bits per heavy atom. The summed E-state index contributed by atoms with van der Waals surface area (Å²) >= 11 is 0. The summed E-state index contributed by atoms with van der Waals surface area (Å²) in [6, 6.07) is 4.27. The van der Waals surface area contributed by atoms with Crippen molar-refractivity contribution < 1.29 is 4.42 Å².